The van der Waals surface area contributed by atoms with E-state index in [2.05, 4.69) is 5.32 Å². The highest BCUT2D eigenvalue weighted by atomic mass is 35.5. The van der Waals surface area contributed by atoms with Gasteiger partial charge in [-0.05, 0) is 48.5 Å². The molecule has 0 bridgehead atoms. The lowest BCUT2D eigenvalue weighted by Crippen LogP contribution is -2.18. The van der Waals surface area contributed by atoms with E-state index < -0.39 is 0 Å². The summed E-state index contributed by atoms with van der Waals surface area (Å²) < 4.78 is 10.6. The van der Waals surface area contributed by atoms with E-state index in [1.165, 1.54) is 0 Å². The third-order valence-corrected chi connectivity index (χ3v) is 3.84. The van der Waals surface area contributed by atoms with Gasteiger partial charge in [0.1, 0.15) is 11.5 Å². The van der Waals surface area contributed by atoms with Crippen molar-refractivity contribution in [3.05, 3.63) is 57.6 Å². The van der Waals surface area contributed by atoms with Crippen LogP contribution in [0.5, 0.6) is 11.5 Å². The Kier molecular flexibility index (Phi) is 5.34. The molecule has 2 rings (SSSR count). The monoisotopic (exact) mass is 325 g/mol. The fraction of sp³-hybridized carbons (Fsp3) is 0.250. The molecule has 21 heavy (non-hydrogen) atoms. The van der Waals surface area contributed by atoms with E-state index in [4.69, 9.17) is 32.7 Å². The Morgan fingerprint density at radius 2 is 1.57 bits per heavy atom. The lowest BCUT2D eigenvalue weighted by atomic mass is 9.98. The van der Waals surface area contributed by atoms with E-state index >= 15 is 0 Å². The van der Waals surface area contributed by atoms with Gasteiger partial charge in [0, 0.05) is 16.1 Å². The first-order chi connectivity index (χ1) is 10.1. The zero-order valence-corrected chi connectivity index (χ0v) is 13.6. The van der Waals surface area contributed by atoms with E-state index in [1.54, 1.807) is 26.4 Å². The molecule has 112 valence electrons. The molecule has 0 saturated carbocycles. The third kappa shape index (κ3) is 3.62. The Morgan fingerprint density at radius 3 is 2.10 bits per heavy atom. The minimum absolute atomic E-state index is 0.111. The quantitative estimate of drug-likeness (QED) is 0.888. The largest absolute Gasteiger partial charge is 0.497 e. The van der Waals surface area contributed by atoms with Gasteiger partial charge < -0.3 is 14.8 Å². The summed E-state index contributed by atoms with van der Waals surface area (Å²) in [6, 6.07) is 11.0. The molecule has 3 nitrogen and oxygen atoms in total. The van der Waals surface area contributed by atoms with Crippen molar-refractivity contribution in [2.24, 2.45) is 0 Å². The van der Waals surface area contributed by atoms with Crippen molar-refractivity contribution in [2.45, 2.75) is 6.04 Å². The number of benzene rings is 2. The summed E-state index contributed by atoms with van der Waals surface area (Å²) in [5.41, 5.74) is 1.89. The molecule has 0 fully saturated rings. The van der Waals surface area contributed by atoms with Crippen molar-refractivity contribution >= 4 is 23.2 Å². The summed E-state index contributed by atoms with van der Waals surface area (Å²) in [5, 5.41) is 4.55. The topological polar surface area (TPSA) is 30.5 Å². The normalized spacial score (nSPS) is 12.0. The van der Waals surface area contributed by atoms with E-state index in [1.807, 2.05) is 31.3 Å². The molecule has 0 saturated heterocycles. The third-order valence-electron chi connectivity index (χ3n) is 3.26. The second-order valence-corrected chi connectivity index (χ2v) is 5.38. The maximum Gasteiger partial charge on any atom is 0.122 e. The van der Waals surface area contributed by atoms with Crippen LogP contribution in [-0.2, 0) is 0 Å². The number of rotatable bonds is 5. The van der Waals surface area contributed by atoms with Gasteiger partial charge in [-0.2, -0.15) is 0 Å². The first-order valence-electron chi connectivity index (χ1n) is 6.44. The molecule has 0 aliphatic heterocycles. The molecule has 0 aliphatic rings. The number of halogens is 2. The lowest BCUT2D eigenvalue weighted by molar-refractivity contribution is 0.392. The van der Waals surface area contributed by atoms with Crippen molar-refractivity contribution in [2.75, 3.05) is 21.3 Å². The van der Waals surface area contributed by atoms with Crippen molar-refractivity contribution < 1.29 is 9.47 Å². The second kappa shape index (κ2) is 7.03. The Bertz CT molecular complexity index is 609. The Balaban J connectivity index is 2.52. The molecule has 0 aromatic heterocycles. The van der Waals surface area contributed by atoms with Crippen LogP contribution in [0.1, 0.15) is 17.2 Å². The van der Waals surface area contributed by atoms with Crippen LogP contribution in [0.15, 0.2) is 36.4 Å². The molecule has 0 spiro atoms. The van der Waals surface area contributed by atoms with Crippen LogP contribution in [0.25, 0.3) is 0 Å². The summed E-state index contributed by atoms with van der Waals surface area (Å²) in [6.45, 7) is 0. The molecule has 0 radical (unpaired) electrons. The molecule has 1 unspecified atom stereocenters. The van der Waals surface area contributed by atoms with Gasteiger partial charge in [0.25, 0.3) is 0 Å². The number of hydrogen-bond donors (Lipinski definition) is 1. The highest BCUT2D eigenvalue weighted by molar-refractivity contribution is 6.33. The van der Waals surface area contributed by atoms with Gasteiger partial charge in [-0.15, -0.1) is 0 Å². The number of nitrogens with one attached hydrogen (secondary N) is 1. The summed E-state index contributed by atoms with van der Waals surface area (Å²) in [6.07, 6.45) is 0. The Hall–Kier alpha value is -1.42. The van der Waals surface area contributed by atoms with Gasteiger partial charge in [-0.25, -0.2) is 0 Å². The highest BCUT2D eigenvalue weighted by Crippen LogP contribution is 2.34. The predicted molar refractivity (Wildman–Crippen MR) is 86.9 cm³/mol. The SMILES string of the molecule is CNC(c1cc(OC)cc(OC)c1)c1cc(Cl)ccc1Cl. The van der Waals surface area contributed by atoms with E-state index in [0.717, 1.165) is 22.6 Å². The van der Waals surface area contributed by atoms with Crippen LogP contribution in [-0.4, -0.2) is 21.3 Å². The summed E-state index contributed by atoms with van der Waals surface area (Å²) >= 11 is 12.4. The van der Waals surface area contributed by atoms with Gasteiger partial charge >= 0.3 is 0 Å². The molecule has 2 aromatic carbocycles. The van der Waals surface area contributed by atoms with Crippen molar-refractivity contribution in [3.8, 4) is 11.5 Å². The molecule has 5 heteroatoms. The molecule has 0 heterocycles. The van der Waals surface area contributed by atoms with Gasteiger partial charge in [-0.1, -0.05) is 23.2 Å². The van der Waals surface area contributed by atoms with Gasteiger partial charge in [0.2, 0.25) is 0 Å². The number of hydrogen-bond acceptors (Lipinski definition) is 3. The molecular formula is C16H17Cl2NO2. The fourth-order valence-corrected chi connectivity index (χ4v) is 2.64. The molecule has 2 aromatic rings. The van der Waals surface area contributed by atoms with Crippen LogP contribution in [0, 0.1) is 0 Å². The Labute approximate surface area is 134 Å². The van der Waals surface area contributed by atoms with Crippen LogP contribution in [0.3, 0.4) is 0 Å². The van der Waals surface area contributed by atoms with E-state index in [0.29, 0.717) is 10.0 Å². The standard InChI is InChI=1S/C16H17Cl2NO2/c1-19-16(14-8-11(17)4-5-15(14)18)10-6-12(20-2)9-13(7-10)21-3/h4-9,16,19H,1-3H3. The highest BCUT2D eigenvalue weighted by Gasteiger charge is 2.17. The maximum absolute atomic E-state index is 6.31. The van der Waals surface area contributed by atoms with Crippen molar-refractivity contribution in [1.29, 1.82) is 0 Å². The zero-order chi connectivity index (χ0) is 15.4. The second-order valence-electron chi connectivity index (χ2n) is 4.53. The van der Waals surface area contributed by atoms with E-state index in [9.17, 15) is 0 Å². The Morgan fingerprint density at radius 1 is 0.952 bits per heavy atom. The average molecular weight is 326 g/mol. The van der Waals surface area contributed by atoms with Crippen LogP contribution in [0.2, 0.25) is 10.0 Å². The average Bonchev–Trinajstić information content (AvgIpc) is 2.51. The van der Waals surface area contributed by atoms with Crippen molar-refractivity contribution in [3.63, 3.8) is 0 Å². The molecule has 0 amide bonds. The zero-order valence-electron chi connectivity index (χ0n) is 12.1. The number of ether oxygens (including phenoxy) is 2. The maximum atomic E-state index is 6.31. The first kappa shape index (κ1) is 16.0. The summed E-state index contributed by atoms with van der Waals surface area (Å²) in [4.78, 5) is 0. The van der Waals surface area contributed by atoms with Gasteiger partial charge in [0.05, 0.1) is 20.3 Å². The van der Waals surface area contributed by atoms with Crippen LogP contribution in [0.4, 0.5) is 0 Å². The van der Waals surface area contributed by atoms with E-state index in [-0.39, 0.29) is 6.04 Å². The minimum Gasteiger partial charge on any atom is -0.497 e. The molecular weight excluding hydrogens is 309 g/mol. The smallest absolute Gasteiger partial charge is 0.122 e. The predicted octanol–water partition coefficient (Wildman–Crippen LogP) is 4.32. The minimum atomic E-state index is -0.111. The van der Waals surface area contributed by atoms with Gasteiger partial charge in [-0.3, -0.25) is 0 Å². The lowest BCUT2D eigenvalue weighted by Gasteiger charge is -2.20. The summed E-state index contributed by atoms with van der Waals surface area (Å²) in [7, 11) is 5.12. The van der Waals surface area contributed by atoms with Crippen LogP contribution < -0.4 is 14.8 Å². The van der Waals surface area contributed by atoms with Crippen molar-refractivity contribution in [1.82, 2.24) is 5.32 Å². The molecule has 1 atom stereocenters. The summed E-state index contributed by atoms with van der Waals surface area (Å²) in [5.74, 6) is 1.45. The van der Waals surface area contributed by atoms with Gasteiger partial charge in [0.15, 0.2) is 0 Å². The molecule has 1 N–H and O–H groups in total. The number of methoxy groups -OCH3 is 2. The fourth-order valence-electron chi connectivity index (χ4n) is 2.23. The first-order valence-corrected chi connectivity index (χ1v) is 7.19. The molecule has 0 aliphatic carbocycles. The van der Waals surface area contributed by atoms with Crippen LogP contribution >= 0.6 is 23.2 Å².